The Morgan fingerprint density at radius 2 is 1.91 bits per heavy atom. The van der Waals surface area contributed by atoms with Crippen LogP contribution in [0.25, 0.3) is 11.0 Å². The van der Waals surface area contributed by atoms with E-state index >= 15 is 0 Å². The number of aryl methyl sites for hydroxylation is 2. The molecule has 3 rings (SSSR count). The maximum Gasteiger partial charge on any atom is 0.242 e. The normalized spacial score (nSPS) is 19.7. The van der Waals surface area contributed by atoms with Gasteiger partial charge in [0.15, 0.2) is 0 Å². The third-order valence-corrected chi connectivity index (χ3v) is 7.94. The van der Waals surface area contributed by atoms with Crippen molar-refractivity contribution in [3.05, 3.63) is 24.0 Å². The summed E-state index contributed by atoms with van der Waals surface area (Å²) in [7, 11) is -0.498. The Kier molecular flexibility index (Phi) is 9.08. The fourth-order valence-corrected chi connectivity index (χ4v) is 5.34. The second-order valence-corrected chi connectivity index (χ2v) is 11.5. The first-order valence-corrected chi connectivity index (χ1v) is 13.6. The van der Waals surface area contributed by atoms with E-state index in [2.05, 4.69) is 35.6 Å². The highest BCUT2D eigenvalue weighted by molar-refractivity contribution is 7.89. The molecule has 2 atom stereocenters. The summed E-state index contributed by atoms with van der Waals surface area (Å²) in [5.74, 6) is 0.813. The Bertz CT molecular complexity index is 1070. The van der Waals surface area contributed by atoms with Gasteiger partial charge in [-0.05, 0) is 38.5 Å². The van der Waals surface area contributed by atoms with Crippen LogP contribution in [0.4, 0.5) is 0 Å². The minimum atomic E-state index is -3.53. The lowest BCUT2D eigenvalue weighted by molar-refractivity contribution is -0.121. The molecule has 190 valence electrons. The molecule has 0 radical (unpaired) electrons. The number of imidazole rings is 1. The third kappa shape index (κ3) is 6.56. The van der Waals surface area contributed by atoms with Crippen molar-refractivity contribution in [2.45, 2.75) is 70.1 Å². The first-order chi connectivity index (χ1) is 16.1. The van der Waals surface area contributed by atoms with Gasteiger partial charge in [-0.3, -0.25) is 9.69 Å². The minimum absolute atomic E-state index is 0.000622. The van der Waals surface area contributed by atoms with E-state index in [-0.39, 0.29) is 23.0 Å². The van der Waals surface area contributed by atoms with Gasteiger partial charge < -0.3 is 14.6 Å². The van der Waals surface area contributed by atoms with Gasteiger partial charge in [0.25, 0.3) is 0 Å². The number of hydrogen-bond acceptors (Lipinski definition) is 6. The molecule has 1 aromatic heterocycles. The van der Waals surface area contributed by atoms with Gasteiger partial charge >= 0.3 is 0 Å². The van der Waals surface area contributed by atoms with E-state index in [4.69, 9.17) is 9.72 Å². The van der Waals surface area contributed by atoms with Crippen LogP contribution in [-0.2, 0) is 32.5 Å². The third-order valence-electron chi connectivity index (χ3n) is 6.13. The second-order valence-electron chi connectivity index (χ2n) is 9.34. The Balaban J connectivity index is 1.64. The zero-order valence-corrected chi connectivity index (χ0v) is 21.9. The number of nitrogens with zero attached hydrogens (tertiary/aromatic N) is 4. The van der Waals surface area contributed by atoms with Crippen LogP contribution in [0.3, 0.4) is 0 Å². The van der Waals surface area contributed by atoms with E-state index < -0.39 is 10.0 Å². The predicted octanol–water partition coefficient (Wildman–Crippen LogP) is 2.24. The maximum atomic E-state index is 12.5. The number of carbonyl (C=O) groups excluding carboxylic acids is 1. The van der Waals surface area contributed by atoms with Gasteiger partial charge in [-0.1, -0.05) is 13.3 Å². The largest absolute Gasteiger partial charge is 0.373 e. The van der Waals surface area contributed by atoms with Crippen LogP contribution in [0.2, 0.25) is 0 Å². The molecule has 34 heavy (non-hydrogen) atoms. The van der Waals surface area contributed by atoms with E-state index in [0.717, 1.165) is 50.4 Å². The molecule has 2 heterocycles. The minimum Gasteiger partial charge on any atom is -0.373 e. The van der Waals surface area contributed by atoms with E-state index in [1.54, 1.807) is 12.1 Å². The van der Waals surface area contributed by atoms with Crippen LogP contribution in [0.5, 0.6) is 0 Å². The summed E-state index contributed by atoms with van der Waals surface area (Å²) < 4.78 is 34.1. The van der Waals surface area contributed by atoms with E-state index in [9.17, 15) is 13.2 Å². The molecule has 2 aromatic rings. The number of unbranched alkanes of at least 4 members (excludes halogenated alkanes) is 1. The number of carbonyl (C=O) groups is 1. The van der Waals surface area contributed by atoms with E-state index in [1.807, 2.05) is 6.07 Å². The molecule has 1 saturated heterocycles. The molecule has 0 aliphatic carbocycles. The summed E-state index contributed by atoms with van der Waals surface area (Å²) in [4.78, 5) is 19.8. The topological polar surface area (TPSA) is 96.8 Å². The molecular formula is C24H39N5O4S. The standard InChI is InChI=1S/C24H39N5O4S/c1-6-7-13-29-22-9-8-20(34(31,32)27(4)5)15-21(22)26-23(29)10-11-24(30)25-12-14-28-16-18(2)33-19(3)17-28/h8-9,15,18-19H,6-7,10-14,16-17H2,1-5H3,(H,25,30). The molecule has 2 unspecified atom stereocenters. The number of fused-ring (bicyclic) bond motifs is 1. The summed E-state index contributed by atoms with van der Waals surface area (Å²) in [5, 5.41) is 3.02. The molecule has 0 bridgehead atoms. The number of sulfonamides is 1. The molecule has 10 heteroatoms. The zero-order chi connectivity index (χ0) is 24.9. The number of amides is 1. The molecule has 1 N–H and O–H groups in total. The van der Waals surface area contributed by atoms with Crippen molar-refractivity contribution in [2.24, 2.45) is 0 Å². The number of rotatable bonds is 11. The Hall–Kier alpha value is -2.01. The Labute approximate surface area is 203 Å². The first kappa shape index (κ1) is 26.6. The van der Waals surface area contributed by atoms with Crippen molar-refractivity contribution in [1.29, 1.82) is 0 Å². The lowest BCUT2D eigenvalue weighted by Gasteiger charge is -2.35. The molecule has 0 spiro atoms. The summed E-state index contributed by atoms with van der Waals surface area (Å²) in [6.45, 7) is 10.2. The number of nitrogens with one attached hydrogen (secondary N) is 1. The highest BCUT2D eigenvalue weighted by atomic mass is 32.2. The van der Waals surface area contributed by atoms with Crippen molar-refractivity contribution in [2.75, 3.05) is 40.3 Å². The Morgan fingerprint density at radius 1 is 1.21 bits per heavy atom. The smallest absolute Gasteiger partial charge is 0.242 e. The molecule has 0 saturated carbocycles. The van der Waals surface area contributed by atoms with Crippen molar-refractivity contribution in [3.63, 3.8) is 0 Å². The van der Waals surface area contributed by atoms with Crippen molar-refractivity contribution in [3.8, 4) is 0 Å². The fourth-order valence-electron chi connectivity index (χ4n) is 4.42. The number of benzene rings is 1. The summed E-state index contributed by atoms with van der Waals surface area (Å²) in [6, 6.07) is 5.08. The summed E-state index contributed by atoms with van der Waals surface area (Å²) >= 11 is 0. The monoisotopic (exact) mass is 493 g/mol. The van der Waals surface area contributed by atoms with Gasteiger partial charge in [0.2, 0.25) is 15.9 Å². The van der Waals surface area contributed by atoms with Gasteiger partial charge in [-0.25, -0.2) is 17.7 Å². The number of morpholine rings is 1. The second kappa shape index (κ2) is 11.6. The summed E-state index contributed by atoms with van der Waals surface area (Å²) in [5.41, 5.74) is 1.54. The van der Waals surface area contributed by atoms with Gasteiger partial charge in [0, 0.05) is 59.7 Å². The zero-order valence-electron chi connectivity index (χ0n) is 21.1. The first-order valence-electron chi connectivity index (χ1n) is 12.2. The van der Waals surface area contributed by atoms with Crippen molar-refractivity contribution >= 4 is 27.0 Å². The molecule has 1 fully saturated rings. The highest BCUT2D eigenvalue weighted by Crippen LogP contribution is 2.23. The van der Waals surface area contributed by atoms with Gasteiger partial charge in [-0.15, -0.1) is 0 Å². The molecule has 1 aliphatic rings. The molecule has 1 aliphatic heterocycles. The van der Waals surface area contributed by atoms with Crippen molar-refractivity contribution < 1.29 is 17.9 Å². The van der Waals surface area contributed by atoms with E-state index in [1.165, 1.54) is 18.4 Å². The quantitative estimate of drug-likeness (QED) is 0.516. The van der Waals surface area contributed by atoms with Crippen LogP contribution < -0.4 is 5.32 Å². The average Bonchev–Trinajstić information content (AvgIpc) is 3.12. The molecule has 9 nitrogen and oxygen atoms in total. The molecule has 1 amide bonds. The van der Waals surface area contributed by atoms with Crippen LogP contribution in [-0.4, -0.2) is 85.6 Å². The van der Waals surface area contributed by atoms with Gasteiger partial charge in [0.1, 0.15) is 5.82 Å². The van der Waals surface area contributed by atoms with Crippen LogP contribution in [0.1, 0.15) is 45.9 Å². The average molecular weight is 494 g/mol. The lowest BCUT2D eigenvalue weighted by atomic mass is 10.2. The number of hydrogen-bond donors (Lipinski definition) is 1. The predicted molar refractivity (Wildman–Crippen MR) is 133 cm³/mol. The van der Waals surface area contributed by atoms with Gasteiger partial charge in [-0.2, -0.15) is 0 Å². The van der Waals surface area contributed by atoms with Crippen LogP contribution in [0, 0.1) is 0 Å². The SMILES string of the molecule is CCCCn1c(CCC(=O)NCCN2CC(C)OC(C)C2)nc2cc(S(=O)(=O)N(C)C)ccc21. The Morgan fingerprint density at radius 3 is 2.56 bits per heavy atom. The highest BCUT2D eigenvalue weighted by Gasteiger charge is 2.22. The maximum absolute atomic E-state index is 12.5. The van der Waals surface area contributed by atoms with Gasteiger partial charge in [0.05, 0.1) is 28.1 Å². The lowest BCUT2D eigenvalue weighted by Crippen LogP contribution is -2.47. The van der Waals surface area contributed by atoms with E-state index in [0.29, 0.717) is 24.9 Å². The fraction of sp³-hybridized carbons (Fsp3) is 0.667. The number of aromatic nitrogens is 2. The molecular weight excluding hydrogens is 454 g/mol. The van der Waals surface area contributed by atoms with Crippen LogP contribution in [0.15, 0.2) is 23.1 Å². The van der Waals surface area contributed by atoms with Crippen LogP contribution >= 0.6 is 0 Å². The molecule has 1 aromatic carbocycles. The number of ether oxygens (including phenoxy) is 1. The summed E-state index contributed by atoms with van der Waals surface area (Å²) in [6.07, 6.45) is 3.29. The van der Waals surface area contributed by atoms with Crippen molar-refractivity contribution in [1.82, 2.24) is 24.1 Å².